The number of nitrogens with zero attached hydrogens (tertiary/aromatic N) is 3. The zero-order valence-electron chi connectivity index (χ0n) is 15.5. The summed E-state index contributed by atoms with van der Waals surface area (Å²) in [5.41, 5.74) is 2.63. The number of carboxylic acid groups (broad SMARTS) is 1. The number of fused-ring (bicyclic) bond motifs is 1. The van der Waals surface area contributed by atoms with Crippen molar-refractivity contribution in [1.82, 2.24) is 9.38 Å². The molecule has 0 spiro atoms. The van der Waals surface area contributed by atoms with Gasteiger partial charge >= 0.3 is 5.97 Å². The summed E-state index contributed by atoms with van der Waals surface area (Å²) in [6.07, 6.45) is 3.35. The number of aromatic nitrogens is 2. The molecule has 7 nitrogen and oxygen atoms in total. The van der Waals surface area contributed by atoms with Gasteiger partial charge in [0.05, 0.1) is 12.7 Å². The predicted octanol–water partition coefficient (Wildman–Crippen LogP) is 4.16. The third-order valence-corrected chi connectivity index (χ3v) is 4.47. The van der Waals surface area contributed by atoms with Crippen LogP contribution in [0.15, 0.2) is 71.9 Å². The molecule has 0 fully saturated rings. The van der Waals surface area contributed by atoms with E-state index in [0.717, 1.165) is 0 Å². The molecule has 0 saturated carbocycles. The fourth-order valence-corrected chi connectivity index (χ4v) is 3.06. The Bertz CT molecular complexity index is 1240. The first-order valence-electron chi connectivity index (χ1n) is 8.79. The number of pyridine rings is 1. The number of aromatic hydroxyl groups is 1. The molecule has 144 valence electrons. The molecule has 2 aromatic carbocycles. The van der Waals surface area contributed by atoms with E-state index in [9.17, 15) is 15.0 Å². The molecular weight excluding hydrogens is 370 g/mol. The maximum atomic E-state index is 11.5. The molecule has 2 N–H and O–H groups in total. The van der Waals surface area contributed by atoms with E-state index in [1.807, 2.05) is 28.8 Å². The highest BCUT2D eigenvalue weighted by molar-refractivity contribution is 5.99. The van der Waals surface area contributed by atoms with E-state index in [1.165, 1.54) is 25.5 Å². The predicted molar refractivity (Wildman–Crippen MR) is 110 cm³/mol. The molecule has 0 aliphatic rings. The summed E-state index contributed by atoms with van der Waals surface area (Å²) in [5, 5.41) is 19.3. The number of methoxy groups -OCH3 is 1. The van der Waals surface area contributed by atoms with Crippen molar-refractivity contribution in [1.29, 1.82) is 0 Å². The minimum Gasteiger partial charge on any atom is -0.504 e. The average molecular weight is 387 g/mol. The first kappa shape index (κ1) is 18.2. The summed E-state index contributed by atoms with van der Waals surface area (Å²) < 4.78 is 7.02. The number of carboxylic acids is 1. The van der Waals surface area contributed by atoms with Crippen molar-refractivity contribution in [2.45, 2.75) is 0 Å². The smallest absolute Gasteiger partial charge is 0.336 e. The lowest BCUT2D eigenvalue weighted by Crippen LogP contribution is -2.01. The molecule has 7 heteroatoms. The Hall–Kier alpha value is -4.13. The number of carbonyl (C=O) groups is 1. The fourth-order valence-electron chi connectivity index (χ4n) is 3.06. The summed E-state index contributed by atoms with van der Waals surface area (Å²) in [5.74, 6) is -0.131. The van der Waals surface area contributed by atoms with E-state index in [-0.39, 0.29) is 11.3 Å². The molecule has 2 aromatic heterocycles. The molecule has 4 aromatic rings. The van der Waals surface area contributed by atoms with Gasteiger partial charge in [0.1, 0.15) is 11.3 Å². The van der Waals surface area contributed by atoms with Gasteiger partial charge in [0.2, 0.25) is 0 Å². The van der Waals surface area contributed by atoms with Gasteiger partial charge in [0.25, 0.3) is 0 Å². The largest absolute Gasteiger partial charge is 0.504 e. The Kier molecular flexibility index (Phi) is 4.70. The Morgan fingerprint density at radius 1 is 1.14 bits per heavy atom. The molecule has 2 heterocycles. The first-order chi connectivity index (χ1) is 14.1. The second kappa shape index (κ2) is 7.47. The average Bonchev–Trinajstić information content (AvgIpc) is 3.11. The third kappa shape index (κ3) is 3.41. The van der Waals surface area contributed by atoms with Crippen LogP contribution in [0.1, 0.15) is 15.9 Å². The lowest BCUT2D eigenvalue weighted by molar-refractivity contribution is 0.0696. The van der Waals surface area contributed by atoms with E-state index < -0.39 is 5.97 Å². The number of benzene rings is 2. The lowest BCUT2D eigenvalue weighted by Gasteiger charge is -2.06. The molecule has 0 bridgehead atoms. The van der Waals surface area contributed by atoms with Crippen LogP contribution in [-0.4, -0.2) is 38.9 Å². The Balaban J connectivity index is 1.88. The van der Waals surface area contributed by atoms with Gasteiger partial charge in [-0.2, -0.15) is 0 Å². The molecule has 29 heavy (non-hydrogen) atoms. The van der Waals surface area contributed by atoms with Crippen LogP contribution in [0.5, 0.6) is 11.5 Å². The quantitative estimate of drug-likeness (QED) is 0.501. The summed E-state index contributed by atoms with van der Waals surface area (Å²) in [7, 11) is 1.48. The van der Waals surface area contributed by atoms with Gasteiger partial charge in [0, 0.05) is 23.5 Å². The number of aromatic carboxylic acids is 1. The van der Waals surface area contributed by atoms with Crippen molar-refractivity contribution in [3.63, 3.8) is 0 Å². The normalized spacial score (nSPS) is 11.2. The zero-order valence-corrected chi connectivity index (χ0v) is 15.5. The van der Waals surface area contributed by atoms with Crippen molar-refractivity contribution in [3.05, 3.63) is 78.0 Å². The highest BCUT2D eigenvalue weighted by Crippen LogP contribution is 2.36. The molecule has 0 amide bonds. The fraction of sp³-hybridized carbons (Fsp3) is 0.0455. The van der Waals surface area contributed by atoms with Crippen molar-refractivity contribution in [3.8, 4) is 22.8 Å². The van der Waals surface area contributed by atoms with E-state index in [2.05, 4.69) is 9.98 Å². The molecule has 0 atom stereocenters. The summed E-state index contributed by atoms with van der Waals surface area (Å²) in [4.78, 5) is 20.7. The molecule has 0 unspecified atom stereocenters. The minimum atomic E-state index is -1.02. The number of aliphatic imine (C=N–C) groups is 1. The second-order valence-corrected chi connectivity index (χ2v) is 6.25. The van der Waals surface area contributed by atoms with Gasteiger partial charge in [-0.15, -0.1) is 0 Å². The number of phenolic OH excluding ortho intramolecular Hbond substituents is 1. The standard InChI is InChI=1S/C22H17N3O4/c1-29-18-12-14(9-10-17(18)26)20-21(25-11-5-4-8-19(25)24-20)23-13-15-6-2-3-7-16(15)22(27)28/h2-13,26H,1H3,(H,27,28). The van der Waals surface area contributed by atoms with E-state index in [1.54, 1.807) is 30.3 Å². The van der Waals surface area contributed by atoms with Crippen LogP contribution >= 0.6 is 0 Å². The van der Waals surface area contributed by atoms with Crippen LogP contribution in [0.25, 0.3) is 16.9 Å². The van der Waals surface area contributed by atoms with E-state index in [0.29, 0.717) is 34.0 Å². The molecule has 4 rings (SSSR count). The number of rotatable bonds is 5. The molecule has 0 aliphatic carbocycles. The van der Waals surface area contributed by atoms with Gasteiger partial charge in [0.15, 0.2) is 17.3 Å². The van der Waals surface area contributed by atoms with Gasteiger partial charge < -0.3 is 14.9 Å². The second-order valence-electron chi connectivity index (χ2n) is 6.25. The van der Waals surface area contributed by atoms with Gasteiger partial charge in [-0.3, -0.25) is 4.40 Å². The topological polar surface area (TPSA) is 96.4 Å². The number of phenols is 1. The van der Waals surface area contributed by atoms with Crippen LogP contribution in [-0.2, 0) is 0 Å². The van der Waals surface area contributed by atoms with Gasteiger partial charge in [-0.05, 0) is 36.4 Å². The Labute approximate surface area is 166 Å². The van der Waals surface area contributed by atoms with Crippen molar-refractivity contribution in [2.75, 3.05) is 7.11 Å². The highest BCUT2D eigenvalue weighted by Gasteiger charge is 2.15. The summed E-state index contributed by atoms with van der Waals surface area (Å²) in [6, 6.07) is 17.2. The lowest BCUT2D eigenvalue weighted by atomic mass is 10.1. The molecular formula is C22H17N3O4. The van der Waals surface area contributed by atoms with E-state index >= 15 is 0 Å². The van der Waals surface area contributed by atoms with Gasteiger partial charge in [-0.1, -0.05) is 24.3 Å². The maximum Gasteiger partial charge on any atom is 0.336 e. The summed E-state index contributed by atoms with van der Waals surface area (Å²) in [6.45, 7) is 0. The van der Waals surface area contributed by atoms with Crippen LogP contribution in [0.2, 0.25) is 0 Å². The Morgan fingerprint density at radius 3 is 2.72 bits per heavy atom. The maximum absolute atomic E-state index is 11.5. The van der Waals surface area contributed by atoms with Crippen LogP contribution in [0.4, 0.5) is 5.82 Å². The van der Waals surface area contributed by atoms with Crippen LogP contribution in [0, 0.1) is 0 Å². The summed E-state index contributed by atoms with van der Waals surface area (Å²) >= 11 is 0. The zero-order chi connectivity index (χ0) is 20.4. The molecule has 0 aliphatic heterocycles. The van der Waals surface area contributed by atoms with Crippen LogP contribution in [0.3, 0.4) is 0 Å². The highest BCUT2D eigenvalue weighted by atomic mass is 16.5. The third-order valence-electron chi connectivity index (χ3n) is 4.47. The SMILES string of the molecule is COc1cc(-c2nc3ccccn3c2N=Cc2ccccc2C(=O)O)ccc1O. The van der Waals surface area contributed by atoms with Crippen molar-refractivity contribution < 1.29 is 19.7 Å². The first-order valence-corrected chi connectivity index (χ1v) is 8.79. The van der Waals surface area contributed by atoms with Crippen molar-refractivity contribution in [2.24, 2.45) is 4.99 Å². The number of imidazole rings is 1. The molecule has 0 radical (unpaired) electrons. The number of hydrogen-bond donors (Lipinski definition) is 2. The van der Waals surface area contributed by atoms with Crippen LogP contribution < -0.4 is 4.74 Å². The monoisotopic (exact) mass is 387 g/mol. The van der Waals surface area contributed by atoms with Crippen molar-refractivity contribution >= 4 is 23.6 Å². The number of hydrogen-bond acceptors (Lipinski definition) is 5. The molecule has 0 saturated heterocycles. The van der Waals surface area contributed by atoms with Gasteiger partial charge in [-0.25, -0.2) is 14.8 Å². The minimum absolute atomic E-state index is 0.0282. The number of ether oxygens (including phenoxy) is 1. The van der Waals surface area contributed by atoms with E-state index in [4.69, 9.17) is 4.74 Å². The Morgan fingerprint density at radius 2 is 1.93 bits per heavy atom.